The van der Waals surface area contributed by atoms with Gasteiger partial charge in [-0.15, -0.1) is 0 Å². The van der Waals surface area contributed by atoms with E-state index in [1.54, 1.807) is 18.2 Å². The molecule has 0 fully saturated rings. The molecule has 1 amide bonds. The van der Waals surface area contributed by atoms with Gasteiger partial charge in [-0.25, -0.2) is 18.6 Å². The number of para-hydroxylation sites is 1. The van der Waals surface area contributed by atoms with E-state index < -0.39 is 21.9 Å². The van der Waals surface area contributed by atoms with Gasteiger partial charge in [-0.05, 0) is 78.4 Å². The van der Waals surface area contributed by atoms with Crippen molar-refractivity contribution in [3.8, 4) is 11.5 Å². The van der Waals surface area contributed by atoms with Gasteiger partial charge in [-0.2, -0.15) is 5.10 Å². The Kier molecular flexibility index (Phi) is 9.51. The highest BCUT2D eigenvalue weighted by atomic mass is 35.5. The number of esters is 1. The molecule has 4 rings (SSSR count). The van der Waals surface area contributed by atoms with Crippen molar-refractivity contribution in [1.82, 2.24) is 5.43 Å². The SMILES string of the molecule is COc1cc(/C=N\NC(=O)c2ccccc2NS(=O)(=O)c2ccc(Cl)cc2)ccc1OC(=O)c1ccc(Cl)cc1Cl. The van der Waals surface area contributed by atoms with E-state index in [-0.39, 0.29) is 38.2 Å². The number of ether oxygens (including phenoxy) is 2. The fourth-order valence-corrected chi connectivity index (χ4v) is 5.16. The molecule has 0 unspecified atom stereocenters. The minimum atomic E-state index is -3.98. The van der Waals surface area contributed by atoms with Gasteiger partial charge in [0, 0.05) is 10.0 Å². The van der Waals surface area contributed by atoms with Crippen molar-refractivity contribution in [2.24, 2.45) is 5.10 Å². The first kappa shape index (κ1) is 29.9. The molecule has 9 nitrogen and oxygen atoms in total. The van der Waals surface area contributed by atoms with Crippen LogP contribution in [-0.2, 0) is 10.0 Å². The topological polar surface area (TPSA) is 123 Å². The number of halogens is 3. The lowest BCUT2D eigenvalue weighted by molar-refractivity contribution is 0.0729. The summed E-state index contributed by atoms with van der Waals surface area (Å²) in [6.45, 7) is 0. The summed E-state index contributed by atoms with van der Waals surface area (Å²) in [5, 5.41) is 4.85. The Bertz CT molecular complexity index is 1750. The van der Waals surface area contributed by atoms with Crippen molar-refractivity contribution < 1.29 is 27.5 Å². The molecule has 0 aliphatic rings. The summed E-state index contributed by atoms with van der Waals surface area (Å²) in [4.78, 5) is 25.4. The van der Waals surface area contributed by atoms with Crippen LogP contribution in [0.15, 0.2) is 94.9 Å². The van der Waals surface area contributed by atoms with E-state index in [0.29, 0.717) is 15.6 Å². The average molecular weight is 633 g/mol. The van der Waals surface area contributed by atoms with Crippen LogP contribution in [0.1, 0.15) is 26.3 Å². The number of amides is 1. The summed E-state index contributed by atoms with van der Waals surface area (Å²) in [5.74, 6) is -1.01. The van der Waals surface area contributed by atoms with Crippen LogP contribution < -0.4 is 19.6 Å². The predicted molar refractivity (Wildman–Crippen MR) is 158 cm³/mol. The van der Waals surface area contributed by atoms with Crippen molar-refractivity contribution in [3.63, 3.8) is 0 Å². The molecule has 13 heteroatoms. The van der Waals surface area contributed by atoms with Gasteiger partial charge in [0.25, 0.3) is 15.9 Å². The molecule has 4 aromatic rings. The maximum Gasteiger partial charge on any atom is 0.345 e. The third kappa shape index (κ3) is 7.56. The maximum absolute atomic E-state index is 12.8. The van der Waals surface area contributed by atoms with Gasteiger partial charge in [0.1, 0.15) is 0 Å². The van der Waals surface area contributed by atoms with E-state index in [0.717, 1.165) is 0 Å². The Morgan fingerprint density at radius 3 is 2.24 bits per heavy atom. The number of carbonyl (C=O) groups is 2. The van der Waals surface area contributed by atoms with Crippen LogP contribution in [0.4, 0.5) is 5.69 Å². The monoisotopic (exact) mass is 631 g/mol. The normalized spacial score (nSPS) is 11.2. The van der Waals surface area contributed by atoms with E-state index in [1.807, 2.05) is 0 Å². The first-order chi connectivity index (χ1) is 19.6. The average Bonchev–Trinajstić information content (AvgIpc) is 2.94. The maximum atomic E-state index is 12.8. The number of nitrogens with one attached hydrogen (secondary N) is 2. The van der Waals surface area contributed by atoms with Crippen LogP contribution in [-0.4, -0.2) is 33.6 Å². The molecule has 0 aromatic heterocycles. The molecule has 0 aliphatic carbocycles. The number of hydrazone groups is 1. The molecule has 210 valence electrons. The second-order valence-electron chi connectivity index (χ2n) is 8.23. The number of hydrogen-bond acceptors (Lipinski definition) is 7. The van der Waals surface area contributed by atoms with Crippen LogP contribution in [0.25, 0.3) is 0 Å². The van der Waals surface area contributed by atoms with Crippen molar-refractivity contribution in [2.45, 2.75) is 4.90 Å². The lowest BCUT2D eigenvalue weighted by Gasteiger charge is -2.12. The van der Waals surface area contributed by atoms with Gasteiger partial charge in [-0.3, -0.25) is 9.52 Å². The van der Waals surface area contributed by atoms with Crippen molar-refractivity contribution in [1.29, 1.82) is 0 Å². The summed E-state index contributed by atoms with van der Waals surface area (Å²) in [5.41, 5.74) is 3.10. The Morgan fingerprint density at radius 2 is 1.54 bits per heavy atom. The van der Waals surface area contributed by atoms with Crippen molar-refractivity contribution in [2.75, 3.05) is 11.8 Å². The molecule has 4 aromatic carbocycles. The molecule has 0 heterocycles. The Hall–Kier alpha value is -4.09. The predicted octanol–water partition coefficient (Wildman–Crippen LogP) is 6.44. The Balaban J connectivity index is 1.45. The van der Waals surface area contributed by atoms with Crippen molar-refractivity contribution >= 4 is 68.6 Å². The number of anilines is 1. The molecule has 2 N–H and O–H groups in total. The number of methoxy groups -OCH3 is 1. The van der Waals surface area contributed by atoms with E-state index in [1.165, 1.54) is 80.1 Å². The smallest absolute Gasteiger partial charge is 0.345 e. The summed E-state index contributed by atoms with van der Waals surface area (Å²) >= 11 is 17.8. The largest absolute Gasteiger partial charge is 0.493 e. The van der Waals surface area contributed by atoms with Gasteiger partial charge >= 0.3 is 5.97 Å². The number of hydrogen-bond donors (Lipinski definition) is 2. The van der Waals surface area contributed by atoms with Gasteiger partial charge in [0.05, 0.1) is 40.1 Å². The number of benzene rings is 4. The van der Waals surface area contributed by atoms with Crippen molar-refractivity contribution in [3.05, 3.63) is 117 Å². The van der Waals surface area contributed by atoms with Crippen LogP contribution in [0, 0.1) is 0 Å². The van der Waals surface area contributed by atoms with E-state index >= 15 is 0 Å². The van der Waals surface area contributed by atoms with Gasteiger partial charge in [-0.1, -0.05) is 46.9 Å². The quantitative estimate of drug-likeness (QED) is 0.0948. The highest BCUT2D eigenvalue weighted by molar-refractivity contribution is 7.92. The summed E-state index contributed by atoms with van der Waals surface area (Å²) in [7, 11) is -2.59. The standard InChI is InChI=1S/C28H20Cl3N3O6S/c1-39-26-14-17(6-13-25(26)40-28(36)21-12-9-19(30)15-23(21)31)16-32-33-27(35)22-4-2-3-5-24(22)34-41(37,38)20-10-7-18(29)8-11-20/h2-16,34H,1H3,(H,33,35)/b32-16-. The minimum Gasteiger partial charge on any atom is -0.493 e. The van der Waals surface area contributed by atoms with Crippen LogP contribution in [0.3, 0.4) is 0 Å². The van der Waals surface area contributed by atoms with Gasteiger partial charge in [0.2, 0.25) is 0 Å². The Morgan fingerprint density at radius 1 is 0.829 bits per heavy atom. The van der Waals surface area contributed by atoms with Crippen LogP contribution >= 0.6 is 34.8 Å². The summed E-state index contributed by atoms with van der Waals surface area (Å²) in [6.07, 6.45) is 1.34. The second-order valence-corrected chi connectivity index (χ2v) is 11.2. The third-order valence-corrected chi connectivity index (χ3v) is 7.64. The van der Waals surface area contributed by atoms with E-state index in [4.69, 9.17) is 44.3 Å². The van der Waals surface area contributed by atoms with Gasteiger partial charge < -0.3 is 9.47 Å². The molecular formula is C28H20Cl3N3O6S. The highest BCUT2D eigenvalue weighted by Gasteiger charge is 2.19. The molecule has 0 spiro atoms. The zero-order chi connectivity index (χ0) is 29.6. The molecule has 0 saturated carbocycles. The lowest BCUT2D eigenvalue weighted by atomic mass is 10.2. The summed E-state index contributed by atoms with van der Waals surface area (Å²) in [6, 6.07) is 20.7. The van der Waals surface area contributed by atoms with Gasteiger partial charge in [0.15, 0.2) is 11.5 Å². The second kappa shape index (κ2) is 13.0. The first-order valence-corrected chi connectivity index (χ1v) is 14.2. The first-order valence-electron chi connectivity index (χ1n) is 11.6. The lowest BCUT2D eigenvalue weighted by Crippen LogP contribution is -2.21. The number of carbonyl (C=O) groups excluding carboxylic acids is 2. The molecular weight excluding hydrogens is 613 g/mol. The zero-order valence-electron chi connectivity index (χ0n) is 21.1. The molecule has 0 saturated heterocycles. The highest BCUT2D eigenvalue weighted by Crippen LogP contribution is 2.30. The minimum absolute atomic E-state index is 0.0190. The number of nitrogens with zero attached hydrogens (tertiary/aromatic N) is 1. The van der Waals surface area contributed by atoms with Crippen LogP contribution in [0.5, 0.6) is 11.5 Å². The number of rotatable bonds is 9. The molecule has 0 atom stereocenters. The molecule has 0 aliphatic heterocycles. The Labute approximate surface area is 250 Å². The van der Waals surface area contributed by atoms with Crippen LogP contribution in [0.2, 0.25) is 15.1 Å². The van der Waals surface area contributed by atoms with E-state index in [9.17, 15) is 18.0 Å². The molecule has 0 bridgehead atoms. The molecule has 41 heavy (non-hydrogen) atoms. The molecule has 0 radical (unpaired) electrons. The fourth-order valence-electron chi connectivity index (χ4n) is 3.47. The summed E-state index contributed by atoms with van der Waals surface area (Å²) < 4.78 is 38.7. The fraction of sp³-hybridized carbons (Fsp3) is 0.0357. The zero-order valence-corrected chi connectivity index (χ0v) is 24.2. The van der Waals surface area contributed by atoms with E-state index in [2.05, 4.69) is 15.2 Å². The number of sulfonamides is 1. The third-order valence-electron chi connectivity index (χ3n) is 5.46.